The van der Waals surface area contributed by atoms with Crippen LogP contribution in [0.1, 0.15) is 41.3 Å². The summed E-state index contributed by atoms with van der Waals surface area (Å²) in [6.07, 6.45) is 4.45. The van der Waals surface area contributed by atoms with Crippen molar-refractivity contribution in [3.8, 4) is 0 Å². The van der Waals surface area contributed by atoms with Crippen molar-refractivity contribution in [1.82, 2.24) is 9.88 Å². The van der Waals surface area contributed by atoms with Gasteiger partial charge in [0.15, 0.2) is 0 Å². The van der Waals surface area contributed by atoms with Crippen LogP contribution in [0.4, 0.5) is 0 Å². The van der Waals surface area contributed by atoms with Crippen molar-refractivity contribution in [3.63, 3.8) is 0 Å². The molecule has 2 fully saturated rings. The zero-order valence-corrected chi connectivity index (χ0v) is 15.2. The van der Waals surface area contributed by atoms with E-state index in [1.165, 1.54) is 0 Å². The van der Waals surface area contributed by atoms with Crippen LogP contribution < -0.4 is 0 Å². The monoisotopic (exact) mass is 338 g/mol. The SMILES string of the molecule is CO[C@@H]1CC[C@@]2(OC)CCN(C(=O)Cc3sc(C)nc3C)[C@H]2C1. The lowest BCUT2D eigenvalue weighted by Crippen LogP contribution is -2.53. The number of amides is 1. The third-order valence-corrected chi connectivity index (χ3v) is 6.58. The smallest absolute Gasteiger partial charge is 0.228 e. The van der Waals surface area contributed by atoms with E-state index in [1.54, 1.807) is 25.6 Å². The molecule has 1 amide bonds. The van der Waals surface area contributed by atoms with Crippen LogP contribution in [0, 0.1) is 13.8 Å². The summed E-state index contributed by atoms with van der Waals surface area (Å²) < 4.78 is 11.5. The number of aromatic nitrogens is 1. The molecule has 0 unspecified atom stereocenters. The summed E-state index contributed by atoms with van der Waals surface area (Å²) in [4.78, 5) is 20.4. The Morgan fingerprint density at radius 2 is 2.17 bits per heavy atom. The number of aryl methyl sites for hydroxylation is 2. The van der Waals surface area contributed by atoms with Crippen molar-refractivity contribution in [2.75, 3.05) is 20.8 Å². The van der Waals surface area contributed by atoms with E-state index in [1.807, 2.05) is 18.7 Å². The van der Waals surface area contributed by atoms with Gasteiger partial charge in [-0.3, -0.25) is 4.79 Å². The quantitative estimate of drug-likeness (QED) is 0.846. The average molecular weight is 338 g/mol. The molecule has 3 rings (SSSR count). The number of carbonyl (C=O) groups excluding carboxylic acids is 1. The van der Waals surface area contributed by atoms with Crippen molar-refractivity contribution in [3.05, 3.63) is 15.6 Å². The molecule has 23 heavy (non-hydrogen) atoms. The van der Waals surface area contributed by atoms with Gasteiger partial charge in [-0.2, -0.15) is 0 Å². The van der Waals surface area contributed by atoms with Gasteiger partial charge in [-0.15, -0.1) is 11.3 Å². The number of ether oxygens (including phenoxy) is 2. The number of hydrogen-bond donors (Lipinski definition) is 0. The van der Waals surface area contributed by atoms with E-state index in [9.17, 15) is 4.79 Å². The third-order valence-electron chi connectivity index (χ3n) is 5.51. The van der Waals surface area contributed by atoms with Crippen molar-refractivity contribution in [2.45, 2.75) is 63.7 Å². The Bertz CT molecular complexity index is 588. The van der Waals surface area contributed by atoms with E-state index < -0.39 is 0 Å². The minimum atomic E-state index is -0.177. The Balaban J connectivity index is 1.76. The molecule has 3 atom stereocenters. The molecule has 0 N–H and O–H groups in total. The zero-order chi connectivity index (χ0) is 16.6. The van der Waals surface area contributed by atoms with E-state index in [0.29, 0.717) is 6.42 Å². The van der Waals surface area contributed by atoms with E-state index >= 15 is 0 Å². The normalized spacial score (nSPS) is 30.5. The molecule has 0 radical (unpaired) electrons. The molecule has 5 nitrogen and oxygen atoms in total. The summed E-state index contributed by atoms with van der Waals surface area (Å²) in [6, 6.07) is 0.132. The molecule has 1 aliphatic carbocycles. The van der Waals surface area contributed by atoms with Crippen LogP contribution in [0.25, 0.3) is 0 Å². The number of carbonyl (C=O) groups is 1. The second-order valence-electron chi connectivity index (χ2n) is 6.67. The van der Waals surface area contributed by atoms with Gasteiger partial charge in [-0.25, -0.2) is 4.98 Å². The number of likely N-dealkylation sites (tertiary alicyclic amines) is 1. The number of thiazole rings is 1. The van der Waals surface area contributed by atoms with Gasteiger partial charge in [0.1, 0.15) is 0 Å². The van der Waals surface area contributed by atoms with Gasteiger partial charge >= 0.3 is 0 Å². The fraction of sp³-hybridized carbons (Fsp3) is 0.765. The van der Waals surface area contributed by atoms with E-state index in [-0.39, 0.29) is 23.7 Å². The van der Waals surface area contributed by atoms with E-state index in [0.717, 1.165) is 47.8 Å². The Kier molecular flexibility index (Phi) is 4.76. The summed E-state index contributed by atoms with van der Waals surface area (Å²) in [5, 5.41) is 1.02. The molecule has 1 saturated heterocycles. The van der Waals surface area contributed by atoms with Gasteiger partial charge < -0.3 is 14.4 Å². The molecule has 0 bridgehead atoms. The summed E-state index contributed by atoms with van der Waals surface area (Å²) in [7, 11) is 3.54. The van der Waals surface area contributed by atoms with Gasteiger partial charge in [0.2, 0.25) is 5.91 Å². The number of fused-ring (bicyclic) bond motifs is 1. The minimum Gasteiger partial charge on any atom is -0.381 e. The molecular formula is C17H26N2O3S. The highest BCUT2D eigenvalue weighted by Gasteiger charge is 2.52. The molecule has 1 aromatic rings. The lowest BCUT2D eigenvalue weighted by Gasteiger charge is -2.43. The maximum atomic E-state index is 12.9. The molecule has 6 heteroatoms. The highest BCUT2D eigenvalue weighted by atomic mass is 32.1. The first-order valence-electron chi connectivity index (χ1n) is 8.29. The average Bonchev–Trinajstić information content (AvgIpc) is 3.07. The van der Waals surface area contributed by atoms with Crippen molar-refractivity contribution < 1.29 is 14.3 Å². The van der Waals surface area contributed by atoms with Gasteiger partial charge in [0, 0.05) is 25.6 Å². The van der Waals surface area contributed by atoms with Crippen LogP contribution in [0.2, 0.25) is 0 Å². The largest absolute Gasteiger partial charge is 0.381 e. The van der Waals surface area contributed by atoms with E-state index in [2.05, 4.69) is 4.98 Å². The number of hydrogen-bond acceptors (Lipinski definition) is 5. The van der Waals surface area contributed by atoms with Crippen LogP contribution >= 0.6 is 11.3 Å². The fourth-order valence-corrected chi connectivity index (χ4v) is 5.08. The van der Waals surface area contributed by atoms with Gasteiger partial charge in [-0.1, -0.05) is 0 Å². The summed E-state index contributed by atoms with van der Waals surface area (Å²) in [5.74, 6) is 0.192. The highest BCUT2D eigenvalue weighted by Crippen LogP contribution is 2.43. The first-order chi connectivity index (χ1) is 11.0. The summed E-state index contributed by atoms with van der Waals surface area (Å²) in [6.45, 7) is 4.75. The molecule has 2 heterocycles. The predicted octanol–water partition coefficient (Wildman–Crippen LogP) is 2.49. The van der Waals surface area contributed by atoms with Crippen LogP contribution in [-0.2, 0) is 20.7 Å². The molecule has 1 aromatic heterocycles. The molecule has 1 saturated carbocycles. The second kappa shape index (κ2) is 6.49. The number of methoxy groups -OCH3 is 2. The Morgan fingerprint density at radius 3 is 2.78 bits per heavy atom. The van der Waals surface area contributed by atoms with Crippen LogP contribution in [0.3, 0.4) is 0 Å². The minimum absolute atomic E-state index is 0.132. The second-order valence-corrected chi connectivity index (χ2v) is 7.96. The Labute approximate surface area is 142 Å². The lowest BCUT2D eigenvalue weighted by atomic mass is 9.79. The first-order valence-corrected chi connectivity index (χ1v) is 9.11. The first kappa shape index (κ1) is 16.9. The molecular weight excluding hydrogens is 312 g/mol. The van der Waals surface area contributed by atoms with Crippen molar-refractivity contribution in [2.24, 2.45) is 0 Å². The molecule has 0 spiro atoms. The van der Waals surface area contributed by atoms with Crippen LogP contribution in [0.15, 0.2) is 0 Å². The highest BCUT2D eigenvalue weighted by molar-refractivity contribution is 7.11. The topological polar surface area (TPSA) is 51.7 Å². The number of rotatable bonds is 4. The van der Waals surface area contributed by atoms with Crippen molar-refractivity contribution in [1.29, 1.82) is 0 Å². The van der Waals surface area contributed by atoms with E-state index in [4.69, 9.17) is 9.47 Å². The van der Waals surface area contributed by atoms with Gasteiger partial charge in [0.25, 0.3) is 0 Å². The Morgan fingerprint density at radius 1 is 1.39 bits per heavy atom. The fourth-order valence-electron chi connectivity index (χ4n) is 4.15. The zero-order valence-electron chi connectivity index (χ0n) is 14.4. The lowest BCUT2D eigenvalue weighted by molar-refractivity contribution is -0.140. The third kappa shape index (κ3) is 3.04. The standard InChI is InChI=1S/C17H26N2O3S/c1-11-14(23-12(2)18-11)10-16(20)19-8-7-17(22-4)6-5-13(21-3)9-15(17)19/h13,15H,5-10H2,1-4H3/t13-,15+,17-/m1/s1. The molecule has 0 aromatic carbocycles. The van der Waals surface area contributed by atoms with Gasteiger partial charge in [0.05, 0.1) is 34.9 Å². The van der Waals surface area contributed by atoms with Crippen molar-refractivity contribution >= 4 is 17.2 Å². The predicted molar refractivity (Wildman–Crippen MR) is 89.8 cm³/mol. The number of nitrogens with zero attached hydrogens (tertiary/aromatic N) is 2. The summed E-state index contributed by atoms with van der Waals surface area (Å²) >= 11 is 1.63. The maximum absolute atomic E-state index is 12.9. The maximum Gasteiger partial charge on any atom is 0.228 e. The molecule has 2 aliphatic rings. The Hall–Kier alpha value is -0.980. The molecule has 1 aliphatic heterocycles. The van der Waals surface area contributed by atoms with Crippen LogP contribution in [0.5, 0.6) is 0 Å². The van der Waals surface area contributed by atoms with Crippen LogP contribution in [-0.4, -0.2) is 54.3 Å². The summed E-state index contributed by atoms with van der Waals surface area (Å²) in [5.41, 5.74) is 0.806. The molecule has 128 valence electrons. The van der Waals surface area contributed by atoms with Gasteiger partial charge in [-0.05, 0) is 39.5 Å².